The summed E-state index contributed by atoms with van der Waals surface area (Å²) in [6.45, 7) is 2.05. The van der Waals surface area contributed by atoms with Crippen LogP contribution in [0.15, 0.2) is 60.9 Å². The van der Waals surface area contributed by atoms with E-state index in [2.05, 4.69) is 21.8 Å². The highest BCUT2D eigenvalue weighted by atomic mass is 19.2. The van der Waals surface area contributed by atoms with Crippen LogP contribution in [0.25, 0.3) is 22.2 Å². The summed E-state index contributed by atoms with van der Waals surface area (Å²) >= 11 is 0. The second-order valence-corrected chi connectivity index (χ2v) is 6.52. The third kappa shape index (κ3) is 3.83. The summed E-state index contributed by atoms with van der Waals surface area (Å²) in [7, 11) is 0. The molecule has 0 bridgehead atoms. The first-order valence-corrected chi connectivity index (χ1v) is 9.06. The molecular formula is C24H15F3N2. The average Bonchev–Trinajstić information content (AvgIpc) is 2.76. The molecule has 4 rings (SSSR count). The van der Waals surface area contributed by atoms with Crippen LogP contribution in [-0.4, -0.2) is 9.97 Å². The number of fused-ring (bicyclic) bond motifs is 1. The molecule has 4 aromatic rings. The minimum absolute atomic E-state index is 0.0212. The van der Waals surface area contributed by atoms with Crippen molar-refractivity contribution in [3.63, 3.8) is 0 Å². The molecule has 0 unspecified atom stereocenters. The maximum Gasteiger partial charge on any atom is 0.195 e. The maximum atomic E-state index is 13.8. The zero-order valence-corrected chi connectivity index (χ0v) is 15.5. The predicted molar refractivity (Wildman–Crippen MR) is 107 cm³/mol. The number of hydrogen-bond donors (Lipinski definition) is 0. The Morgan fingerprint density at radius 1 is 0.793 bits per heavy atom. The molecule has 142 valence electrons. The average molecular weight is 388 g/mol. The fraction of sp³-hybridized carbons (Fsp3) is 0.0833. The molecule has 1 heterocycles. The van der Waals surface area contributed by atoms with Gasteiger partial charge in [0, 0.05) is 34.5 Å². The van der Waals surface area contributed by atoms with Gasteiger partial charge in [-0.05, 0) is 59.8 Å². The molecular weight excluding hydrogens is 373 g/mol. The van der Waals surface area contributed by atoms with Crippen LogP contribution in [0, 0.1) is 29.3 Å². The molecule has 0 aliphatic carbocycles. The van der Waals surface area contributed by atoms with Gasteiger partial charge in [0.05, 0.1) is 0 Å². The number of halogens is 3. The molecule has 5 heteroatoms. The van der Waals surface area contributed by atoms with Gasteiger partial charge in [0.25, 0.3) is 0 Å². The van der Waals surface area contributed by atoms with Crippen LogP contribution in [0.5, 0.6) is 0 Å². The van der Waals surface area contributed by atoms with E-state index in [4.69, 9.17) is 0 Å². The first kappa shape index (κ1) is 18.7. The van der Waals surface area contributed by atoms with Gasteiger partial charge >= 0.3 is 0 Å². The van der Waals surface area contributed by atoms with Gasteiger partial charge in [-0.1, -0.05) is 24.8 Å². The zero-order chi connectivity index (χ0) is 20.4. The third-order valence-corrected chi connectivity index (χ3v) is 4.58. The molecule has 0 atom stereocenters. The maximum absolute atomic E-state index is 13.8. The van der Waals surface area contributed by atoms with Crippen molar-refractivity contribution in [1.29, 1.82) is 0 Å². The molecule has 0 saturated heterocycles. The number of aromatic nitrogens is 2. The normalized spacial score (nSPS) is 10.6. The molecule has 0 aliphatic rings. The van der Waals surface area contributed by atoms with Gasteiger partial charge in [0.1, 0.15) is 0 Å². The van der Waals surface area contributed by atoms with Crippen molar-refractivity contribution in [3.05, 3.63) is 95.1 Å². The van der Waals surface area contributed by atoms with Crippen molar-refractivity contribution < 1.29 is 13.2 Å². The molecule has 0 saturated carbocycles. The Morgan fingerprint density at radius 3 is 2.14 bits per heavy atom. The van der Waals surface area contributed by atoms with Gasteiger partial charge in [0.15, 0.2) is 23.3 Å². The fourth-order valence-corrected chi connectivity index (χ4v) is 2.92. The Balaban J connectivity index is 1.59. The lowest BCUT2D eigenvalue weighted by Crippen LogP contribution is -1.92. The summed E-state index contributed by atoms with van der Waals surface area (Å²) < 4.78 is 40.6. The van der Waals surface area contributed by atoms with Crippen LogP contribution >= 0.6 is 0 Å². The van der Waals surface area contributed by atoms with Crippen LogP contribution in [0.2, 0.25) is 0 Å². The summed E-state index contributed by atoms with van der Waals surface area (Å²) in [6, 6.07) is 13.0. The van der Waals surface area contributed by atoms with E-state index in [1.165, 1.54) is 12.1 Å². The van der Waals surface area contributed by atoms with E-state index < -0.39 is 17.5 Å². The van der Waals surface area contributed by atoms with Crippen molar-refractivity contribution >= 4 is 10.8 Å². The van der Waals surface area contributed by atoms with E-state index in [-0.39, 0.29) is 10.8 Å². The molecule has 3 aromatic carbocycles. The second kappa shape index (κ2) is 7.76. The Kier molecular flexibility index (Phi) is 5.01. The highest BCUT2D eigenvalue weighted by Crippen LogP contribution is 2.24. The van der Waals surface area contributed by atoms with Gasteiger partial charge < -0.3 is 0 Å². The van der Waals surface area contributed by atoms with E-state index in [0.29, 0.717) is 11.4 Å². The minimum Gasteiger partial charge on any atom is -0.236 e. The molecule has 0 N–H and O–H groups in total. The Labute approximate surface area is 166 Å². The standard InChI is InChI=1S/C24H15F3N2/c1-2-15-13-28-24(29-14-15)18-8-5-16(6-9-18)3-4-17-7-10-20-19(11-17)12-21(25)23(27)22(20)26/h5-14H,2H2,1H3. The van der Waals surface area contributed by atoms with Crippen molar-refractivity contribution in [1.82, 2.24) is 9.97 Å². The number of hydrogen-bond acceptors (Lipinski definition) is 2. The summed E-state index contributed by atoms with van der Waals surface area (Å²) in [5.74, 6) is 2.74. The minimum atomic E-state index is -1.47. The van der Waals surface area contributed by atoms with Crippen LogP contribution in [-0.2, 0) is 6.42 Å². The lowest BCUT2D eigenvalue weighted by atomic mass is 10.1. The van der Waals surface area contributed by atoms with Gasteiger partial charge in [0.2, 0.25) is 0 Å². The molecule has 0 aliphatic heterocycles. The lowest BCUT2D eigenvalue weighted by molar-refractivity contribution is 0.453. The van der Waals surface area contributed by atoms with Crippen LogP contribution in [0.1, 0.15) is 23.6 Å². The van der Waals surface area contributed by atoms with Crippen molar-refractivity contribution in [3.8, 4) is 23.2 Å². The Morgan fingerprint density at radius 2 is 1.45 bits per heavy atom. The van der Waals surface area contributed by atoms with Crippen LogP contribution in [0.3, 0.4) is 0 Å². The van der Waals surface area contributed by atoms with Gasteiger partial charge in [-0.2, -0.15) is 0 Å². The van der Waals surface area contributed by atoms with E-state index in [0.717, 1.165) is 29.2 Å². The smallest absolute Gasteiger partial charge is 0.195 e. The summed E-state index contributed by atoms with van der Waals surface area (Å²) in [5.41, 5.74) is 3.31. The first-order chi connectivity index (χ1) is 14.0. The van der Waals surface area contributed by atoms with Crippen LogP contribution in [0.4, 0.5) is 13.2 Å². The van der Waals surface area contributed by atoms with E-state index in [1.807, 2.05) is 43.6 Å². The molecule has 29 heavy (non-hydrogen) atoms. The summed E-state index contributed by atoms with van der Waals surface area (Å²) in [4.78, 5) is 8.71. The highest BCUT2D eigenvalue weighted by molar-refractivity contribution is 5.84. The van der Waals surface area contributed by atoms with Gasteiger partial charge in [-0.15, -0.1) is 0 Å². The molecule has 2 nitrogen and oxygen atoms in total. The number of rotatable bonds is 2. The third-order valence-electron chi connectivity index (χ3n) is 4.58. The molecule has 1 aromatic heterocycles. The van der Waals surface area contributed by atoms with Gasteiger partial charge in [-0.25, -0.2) is 23.1 Å². The van der Waals surface area contributed by atoms with Gasteiger partial charge in [-0.3, -0.25) is 0 Å². The van der Waals surface area contributed by atoms with Crippen molar-refractivity contribution in [2.45, 2.75) is 13.3 Å². The Hall–Kier alpha value is -3.65. The quantitative estimate of drug-likeness (QED) is 0.326. The molecule has 0 amide bonds. The number of benzene rings is 3. The molecule has 0 radical (unpaired) electrons. The van der Waals surface area contributed by atoms with Crippen LogP contribution < -0.4 is 0 Å². The largest absolute Gasteiger partial charge is 0.236 e. The highest BCUT2D eigenvalue weighted by Gasteiger charge is 2.13. The monoisotopic (exact) mass is 388 g/mol. The molecule has 0 spiro atoms. The van der Waals surface area contributed by atoms with Crippen molar-refractivity contribution in [2.24, 2.45) is 0 Å². The predicted octanol–water partition coefficient (Wildman–Crippen LogP) is 5.68. The number of aryl methyl sites for hydroxylation is 1. The van der Waals surface area contributed by atoms with E-state index in [9.17, 15) is 13.2 Å². The van der Waals surface area contributed by atoms with E-state index in [1.54, 1.807) is 6.07 Å². The summed E-state index contributed by atoms with van der Waals surface area (Å²) in [6.07, 6.45) is 4.51. The van der Waals surface area contributed by atoms with E-state index >= 15 is 0 Å². The molecule has 0 fully saturated rings. The second-order valence-electron chi connectivity index (χ2n) is 6.52. The van der Waals surface area contributed by atoms with Crippen molar-refractivity contribution in [2.75, 3.05) is 0 Å². The SMILES string of the molecule is CCc1cnc(-c2ccc(C#Cc3ccc4c(F)c(F)c(F)cc4c3)cc2)nc1. The lowest BCUT2D eigenvalue weighted by Gasteiger charge is -2.03. The Bertz CT molecular complexity index is 1250. The zero-order valence-electron chi connectivity index (χ0n) is 15.5. The first-order valence-electron chi connectivity index (χ1n) is 9.06. The topological polar surface area (TPSA) is 25.8 Å². The fourth-order valence-electron chi connectivity index (χ4n) is 2.92. The number of nitrogens with zero attached hydrogens (tertiary/aromatic N) is 2. The summed E-state index contributed by atoms with van der Waals surface area (Å²) in [5, 5.41) is 0.282.